The van der Waals surface area contributed by atoms with Gasteiger partial charge in [0.2, 0.25) is 0 Å². The van der Waals surface area contributed by atoms with Crippen LogP contribution in [-0.2, 0) is 0 Å². The zero-order valence-corrected chi connectivity index (χ0v) is 10.7. The highest BCUT2D eigenvalue weighted by atomic mass is 35.5. The number of benzene rings is 2. The van der Waals surface area contributed by atoms with Gasteiger partial charge in [0.1, 0.15) is 22.5 Å². The van der Waals surface area contributed by atoms with E-state index in [1.807, 2.05) is 0 Å². The van der Waals surface area contributed by atoms with E-state index in [1.165, 1.54) is 18.2 Å². The lowest BCUT2D eigenvalue weighted by Crippen LogP contribution is -1.95. The van der Waals surface area contributed by atoms with Crippen LogP contribution in [0, 0.1) is 11.6 Å². The second-order valence-corrected chi connectivity index (χ2v) is 4.52. The minimum atomic E-state index is -0.765. The third-order valence-electron chi connectivity index (χ3n) is 2.80. The van der Waals surface area contributed by atoms with Crippen LogP contribution in [0.2, 0.25) is 5.15 Å². The van der Waals surface area contributed by atoms with Gasteiger partial charge in [-0.3, -0.25) is 0 Å². The molecule has 1 aromatic heterocycles. The highest BCUT2D eigenvalue weighted by Gasteiger charge is 2.12. The summed E-state index contributed by atoms with van der Waals surface area (Å²) in [6.45, 7) is 0. The predicted molar refractivity (Wildman–Crippen MR) is 71.6 cm³/mol. The minimum Gasteiger partial charge on any atom is -0.508 e. The molecule has 3 aromatic rings. The van der Waals surface area contributed by atoms with Crippen LogP contribution in [0.1, 0.15) is 0 Å². The summed E-state index contributed by atoms with van der Waals surface area (Å²) in [4.78, 5) is 8.15. The first kappa shape index (κ1) is 12.7. The number of phenols is 1. The summed E-state index contributed by atoms with van der Waals surface area (Å²) in [7, 11) is 0. The molecule has 0 radical (unpaired) electrons. The van der Waals surface area contributed by atoms with E-state index in [2.05, 4.69) is 9.97 Å². The number of hydrogen-bond acceptors (Lipinski definition) is 3. The SMILES string of the molecule is Oc1ccc2nc(-c3ccc(F)cc3F)nc(Cl)c2c1. The average molecular weight is 293 g/mol. The maximum atomic E-state index is 13.7. The highest BCUT2D eigenvalue weighted by Crippen LogP contribution is 2.28. The largest absolute Gasteiger partial charge is 0.508 e. The second-order valence-electron chi connectivity index (χ2n) is 4.16. The fourth-order valence-corrected chi connectivity index (χ4v) is 2.10. The Morgan fingerprint density at radius 3 is 2.55 bits per heavy atom. The third-order valence-corrected chi connectivity index (χ3v) is 3.09. The van der Waals surface area contributed by atoms with Gasteiger partial charge in [-0.1, -0.05) is 11.6 Å². The Bertz CT molecular complexity index is 824. The second kappa shape index (κ2) is 4.68. The average Bonchev–Trinajstić information content (AvgIpc) is 2.39. The van der Waals surface area contributed by atoms with Gasteiger partial charge >= 0.3 is 0 Å². The van der Waals surface area contributed by atoms with Crippen LogP contribution in [-0.4, -0.2) is 15.1 Å². The summed E-state index contributed by atoms with van der Waals surface area (Å²) < 4.78 is 26.6. The Hall–Kier alpha value is -2.27. The van der Waals surface area contributed by atoms with Crippen LogP contribution in [0.15, 0.2) is 36.4 Å². The first-order valence-corrected chi connectivity index (χ1v) is 6.04. The number of hydrogen-bond donors (Lipinski definition) is 1. The van der Waals surface area contributed by atoms with E-state index >= 15 is 0 Å². The van der Waals surface area contributed by atoms with Crippen molar-refractivity contribution in [2.45, 2.75) is 0 Å². The van der Waals surface area contributed by atoms with Gasteiger partial charge in [0.05, 0.1) is 11.1 Å². The summed E-state index contributed by atoms with van der Waals surface area (Å²) in [6, 6.07) is 7.54. The predicted octanol–water partition coefficient (Wildman–Crippen LogP) is 3.93. The van der Waals surface area contributed by atoms with Crippen molar-refractivity contribution in [1.82, 2.24) is 9.97 Å². The molecule has 0 amide bonds. The van der Waals surface area contributed by atoms with Gasteiger partial charge in [0.25, 0.3) is 0 Å². The summed E-state index contributed by atoms with van der Waals surface area (Å²) in [5, 5.41) is 9.94. The number of halogens is 3. The van der Waals surface area contributed by atoms with Crippen LogP contribution < -0.4 is 0 Å². The number of fused-ring (bicyclic) bond motifs is 1. The summed E-state index contributed by atoms with van der Waals surface area (Å²) in [6.07, 6.45) is 0. The van der Waals surface area contributed by atoms with E-state index in [4.69, 9.17) is 11.6 Å². The molecule has 3 nitrogen and oxygen atoms in total. The van der Waals surface area contributed by atoms with Crippen LogP contribution in [0.4, 0.5) is 8.78 Å². The molecule has 1 heterocycles. The maximum Gasteiger partial charge on any atom is 0.164 e. The quantitative estimate of drug-likeness (QED) is 0.691. The fraction of sp³-hybridized carbons (Fsp3) is 0. The van der Waals surface area contributed by atoms with E-state index < -0.39 is 11.6 Å². The lowest BCUT2D eigenvalue weighted by Gasteiger charge is -2.06. The molecule has 0 aliphatic carbocycles. The number of nitrogens with zero attached hydrogens (tertiary/aromatic N) is 2. The molecule has 20 heavy (non-hydrogen) atoms. The first-order valence-electron chi connectivity index (χ1n) is 5.66. The van der Waals surface area contributed by atoms with Crippen molar-refractivity contribution in [3.8, 4) is 17.1 Å². The minimum absolute atomic E-state index is 0.0312. The molecule has 0 aliphatic heterocycles. The Morgan fingerprint density at radius 2 is 1.80 bits per heavy atom. The molecule has 0 atom stereocenters. The molecule has 0 unspecified atom stereocenters. The molecule has 0 bridgehead atoms. The standard InChI is InChI=1S/C14H7ClF2N2O/c15-13-10-6-8(20)2-4-12(10)18-14(19-13)9-3-1-7(16)5-11(9)17/h1-6,20H. The molecule has 2 aromatic carbocycles. The monoisotopic (exact) mass is 292 g/mol. The number of aromatic nitrogens is 2. The normalized spacial score (nSPS) is 10.9. The van der Waals surface area contributed by atoms with Crippen molar-refractivity contribution in [2.75, 3.05) is 0 Å². The van der Waals surface area contributed by atoms with E-state index in [-0.39, 0.29) is 22.3 Å². The van der Waals surface area contributed by atoms with Crippen molar-refractivity contribution in [3.63, 3.8) is 0 Å². The molecule has 1 N–H and O–H groups in total. The van der Waals surface area contributed by atoms with Gasteiger partial charge in [-0.2, -0.15) is 0 Å². The topological polar surface area (TPSA) is 46.0 Å². The van der Waals surface area contributed by atoms with Gasteiger partial charge < -0.3 is 5.11 Å². The molecular formula is C14H7ClF2N2O. The van der Waals surface area contributed by atoms with E-state index in [0.29, 0.717) is 10.9 Å². The lowest BCUT2D eigenvalue weighted by atomic mass is 10.1. The first-order chi connectivity index (χ1) is 9.54. The molecule has 0 aliphatic rings. The van der Waals surface area contributed by atoms with Crippen molar-refractivity contribution in [3.05, 3.63) is 53.2 Å². The van der Waals surface area contributed by atoms with Crippen molar-refractivity contribution in [1.29, 1.82) is 0 Å². The zero-order chi connectivity index (χ0) is 14.3. The van der Waals surface area contributed by atoms with E-state index in [0.717, 1.165) is 12.1 Å². The van der Waals surface area contributed by atoms with E-state index in [1.54, 1.807) is 6.07 Å². The van der Waals surface area contributed by atoms with Gasteiger partial charge in [0.15, 0.2) is 5.82 Å². The fourth-order valence-electron chi connectivity index (χ4n) is 1.87. The van der Waals surface area contributed by atoms with Crippen molar-refractivity contribution >= 4 is 22.5 Å². The van der Waals surface area contributed by atoms with Gasteiger partial charge in [-0.15, -0.1) is 0 Å². The summed E-state index contributed by atoms with van der Waals surface area (Å²) in [5.41, 5.74) is 0.518. The van der Waals surface area contributed by atoms with Crippen LogP contribution in [0.25, 0.3) is 22.3 Å². The Kier molecular flexibility index (Phi) is 2.99. The highest BCUT2D eigenvalue weighted by molar-refractivity contribution is 6.34. The van der Waals surface area contributed by atoms with Gasteiger partial charge in [0, 0.05) is 11.5 Å². The third kappa shape index (κ3) is 2.16. The molecule has 100 valence electrons. The molecule has 0 saturated carbocycles. The molecule has 0 spiro atoms. The Labute approximate surface area is 117 Å². The summed E-state index contributed by atoms with van der Waals surface area (Å²) >= 11 is 6.01. The lowest BCUT2D eigenvalue weighted by molar-refractivity contribution is 0.476. The smallest absolute Gasteiger partial charge is 0.164 e. The van der Waals surface area contributed by atoms with E-state index in [9.17, 15) is 13.9 Å². The Balaban J connectivity index is 2.24. The number of aromatic hydroxyl groups is 1. The zero-order valence-electron chi connectivity index (χ0n) is 9.94. The Morgan fingerprint density at radius 1 is 1.00 bits per heavy atom. The molecule has 0 saturated heterocycles. The molecule has 0 fully saturated rings. The van der Waals surface area contributed by atoms with Crippen molar-refractivity contribution in [2.24, 2.45) is 0 Å². The van der Waals surface area contributed by atoms with Crippen LogP contribution in [0.5, 0.6) is 5.75 Å². The number of rotatable bonds is 1. The van der Waals surface area contributed by atoms with Crippen LogP contribution in [0.3, 0.4) is 0 Å². The van der Waals surface area contributed by atoms with Gasteiger partial charge in [-0.05, 0) is 30.3 Å². The van der Waals surface area contributed by atoms with Gasteiger partial charge in [-0.25, -0.2) is 18.7 Å². The van der Waals surface area contributed by atoms with Crippen molar-refractivity contribution < 1.29 is 13.9 Å². The molecular weight excluding hydrogens is 286 g/mol. The molecule has 3 rings (SSSR count). The molecule has 6 heteroatoms. The maximum absolute atomic E-state index is 13.7. The number of phenolic OH excluding ortho intramolecular Hbond substituents is 1. The summed E-state index contributed by atoms with van der Waals surface area (Å²) in [5.74, 6) is -1.35. The van der Waals surface area contributed by atoms with Crippen LogP contribution >= 0.6 is 11.6 Å².